The summed E-state index contributed by atoms with van der Waals surface area (Å²) in [6.07, 6.45) is 1.72. The van der Waals surface area contributed by atoms with Gasteiger partial charge in [0.2, 0.25) is 10.0 Å². The smallest absolute Gasteiger partial charge is 0.261 e. The number of fused-ring (bicyclic) bond motifs is 1. The Bertz CT molecular complexity index is 998. The van der Waals surface area contributed by atoms with Crippen LogP contribution in [-0.4, -0.2) is 29.6 Å². The van der Waals surface area contributed by atoms with Crippen LogP contribution in [-0.2, 0) is 26.5 Å². The molecule has 0 bridgehead atoms. The summed E-state index contributed by atoms with van der Waals surface area (Å²) in [5.74, 6) is 0. The van der Waals surface area contributed by atoms with E-state index in [-0.39, 0.29) is 4.90 Å². The van der Waals surface area contributed by atoms with Crippen LogP contribution >= 0.6 is 0 Å². The highest BCUT2D eigenvalue weighted by Crippen LogP contribution is 2.32. The lowest BCUT2D eigenvalue weighted by atomic mass is 10.1. The first-order valence-corrected chi connectivity index (χ1v) is 10.7. The molecule has 0 saturated heterocycles. The lowest BCUT2D eigenvalue weighted by Crippen LogP contribution is -2.27. The number of anilines is 2. The molecule has 1 heterocycles. The quantitative estimate of drug-likeness (QED) is 0.898. The maximum atomic E-state index is 12.5. The van der Waals surface area contributed by atoms with E-state index in [1.807, 2.05) is 13.0 Å². The van der Waals surface area contributed by atoms with Gasteiger partial charge in [0.1, 0.15) is 0 Å². The molecule has 24 heavy (non-hydrogen) atoms. The molecule has 0 aromatic heterocycles. The Morgan fingerprint density at radius 1 is 1.04 bits per heavy atom. The van der Waals surface area contributed by atoms with Crippen LogP contribution in [0, 0.1) is 6.92 Å². The molecule has 1 N–H and O–H groups in total. The van der Waals surface area contributed by atoms with Crippen molar-refractivity contribution < 1.29 is 16.8 Å². The zero-order chi connectivity index (χ0) is 17.5. The van der Waals surface area contributed by atoms with E-state index in [4.69, 9.17) is 0 Å². The predicted molar refractivity (Wildman–Crippen MR) is 94.3 cm³/mol. The molecule has 0 aliphatic carbocycles. The molecule has 6 nitrogen and oxygen atoms in total. The number of sulfonamides is 2. The van der Waals surface area contributed by atoms with E-state index in [1.165, 1.54) is 10.4 Å². The highest BCUT2D eigenvalue weighted by atomic mass is 32.2. The Morgan fingerprint density at radius 3 is 2.46 bits per heavy atom. The van der Waals surface area contributed by atoms with Crippen molar-refractivity contribution in [1.29, 1.82) is 0 Å². The van der Waals surface area contributed by atoms with Gasteiger partial charge in [-0.2, -0.15) is 0 Å². The topological polar surface area (TPSA) is 83.6 Å². The second-order valence-corrected chi connectivity index (χ2v) is 9.44. The number of hydrogen-bond donors (Lipinski definition) is 1. The second-order valence-electron chi connectivity index (χ2n) is 5.85. The molecular formula is C16H18N2O4S2. The van der Waals surface area contributed by atoms with Gasteiger partial charge >= 0.3 is 0 Å². The first-order valence-electron chi connectivity index (χ1n) is 7.37. The Labute approximate surface area is 142 Å². The van der Waals surface area contributed by atoms with Gasteiger partial charge in [-0.15, -0.1) is 0 Å². The van der Waals surface area contributed by atoms with Crippen molar-refractivity contribution in [3.63, 3.8) is 0 Å². The molecule has 0 amide bonds. The van der Waals surface area contributed by atoms with E-state index in [1.54, 1.807) is 30.3 Å². The summed E-state index contributed by atoms with van der Waals surface area (Å²) in [5, 5.41) is 0. The number of rotatable bonds is 4. The van der Waals surface area contributed by atoms with Crippen LogP contribution in [0.15, 0.2) is 47.4 Å². The molecule has 0 unspecified atom stereocenters. The van der Waals surface area contributed by atoms with E-state index in [2.05, 4.69) is 4.72 Å². The van der Waals surface area contributed by atoms with Crippen molar-refractivity contribution in [2.75, 3.05) is 21.8 Å². The summed E-state index contributed by atoms with van der Waals surface area (Å²) >= 11 is 0. The van der Waals surface area contributed by atoms with E-state index >= 15 is 0 Å². The van der Waals surface area contributed by atoms with Gasteiger partial charge in [-0.3, -0.25) is 9.03 Å². The SMILES string of the molecule is Cc1cccc(S(=O)(=O)Nc2ccc3c(c2)CCN3S(C)(=O)=O)c1. The van der Waals surface area contributed by atoms with Crippen LogP contribution in [0.3, 0.4) is 0 Å². The highest BCUT2D eigenvalue weighted by Gasteiger charge is 2.26. The Kier molecular flexibility index (Phi) is 4.05. The molecule has 2 aromatic carbocycles. The average Bonchev–Trinajstić information content (AvgIpc) is 2.90. The first kappa shape index (κ1) is 16.8. The van der Waals surface area contributed by atoms with Gasteiger partial charge in [0.05, 0.1) is 16.8 Å². The zero-order valence-corrected chi connectivity index (χ0v) is 15.0. The van der Waals surface area contributed by atoms with Crippen molar-refractivity contribution >= 4 is 31.4 Å². The fraction of sp³-hybridized carbons (Fsp3) is 0.250. The average molecular weight is 366 g/mol. The Balaban J connectivity index is 1.90. The maximum absolute atomic E-state index is 12.5. The monoisotopic (exact) mass is 366 g/mol. The lowest BCUT2D eigenvalue weighted by molar-refractivity contribution is 0.597. The minimum Gasteiger partial charge on any atom is -0.280 e. The fourth-order valence-corrected chi connectivity index (χ4v) is 4.89. The van der Waals surface area contributed by atoms with Gasteiger partial charge in [0.25, 0.3) is 10.0 Å². The number of aryl methyl sites for hydroxylation is 1. The van der Waals surface area contributed by atoms with Crippen molar-refractivity contribution in [3.05, 3.63) is 53.6 Å². The van der Waals surface area contributed by atoms with Gasteiger partial charge in [0, 0.05) is 12.2 Å². The van der Waals surface area contributed by atoms with Crippen LogP contribution in [0.4, 0.5) is 11.4 Å². The van der Waals surface area contributed by atoms with Gasteiger partial charge in [0.15, 0.2) is 0 Å². The molecule has 0 saturated carbocycles. The molecule has 8 heteroatoms. The Morgan fingerprint density at radius 2 is 1.79 bits per heavy atom. The Hall–Kier alpha value is -2.06. The largest absolute Gasteiger partial charge is 0.280 e. The number of benzene rings is 2. The van der Waals surface area contributed by atoms with E-state index in [0.29, 0.717) is 24.3 Å². The summed E-state index contributed by atoms with van der Waals surface area (Å²) in [5.41, 5.74) is 2.70. The molecule has 0 spiro atoms. The van der Waals surface area contributed by atoms with E-state index in [9.17, 15) is 16.8 Å². The van der Waals surface area contributed by atoms with E-state index in [0.717, 1.165) is 17.4 Å². The predicted octanol–water partition coefficient (Wildman–Crippen LogP) is 2.12. The van der Waals surface area contributed by atoms with Gasteiger partial charge < -0.3 is 0 Å². The molecule has 2 aromatic rings. The summed E-state index contributed by atoms with van der Waals surface area (Å²) in [6, 6.07) is 11.6. The lowest BCUT2D eigenvalue weighted by Gasteiger charge is -2.16. The molecule has 0 fully saturated rings. The fourth-order valence-electron chi connectivity index (χ4n) is 2.78. The van der Waals surface area contributed by atoms with Crippen LogP contribution in [0.2, 0.25) is 0 Å². The normalized spacial score (nSPS) is 14.5. The molecule has 3 rings (SSSR count). The standard InChI is InChI=1S/C16H18N2O4S2/c1-12-4-3-5-15(10-12)24(21,22)17-14-6-7-16-13(11-14)8-9-18(16)23(2,19)20/h3-7,10-11,17H,8-9H2,1-2H3. The van der Waals surface area contributed by atoms with Crippen molar-refractivity contribution in [2.45, 2.75) is 18.2 Å². The van der Waals surface area contributed by atoms with Crippen LogP contribution in [0.5, 0.6) is 0 Å². The summed E-state index contributed by atoms with van der Waals surface area (Å²) < 4.78 is 52.3. The first-order chi connectivity index (χ1) is 11.2. The molecule has 1 aliphatic rings. The summed E-state index contributed by atoms with van der Waals surface area (Å²) in [7, 11) is -6.99. The van der Waals surface area contributed by atoms with Crippen LogP contribution in [0.25, 0.3) is 0 Å². The summed E-state index contributed by atoms with van der Waals surface area (Å²) in [4.78, 5) is 0.195. The minimum absolute atomic E-state index is 0.195. The third kappa shape index (κ3) is 3.25. The molecule has 128 valence electrons. The van der Waals surface area contributed by atoms with Crippen molar-refractivity contribution in [3.8, 4) is 0 Å². The highest BCUT2D eigenvalue weighted by molar-refractivity contribution is 7.92. The second kappa shape index (κ2) is 5.78. The van der Waals surface area contributed by atoms with Gasteiger partial charge in [-0.1, -0.05) is 12.1 Å². The van der Waals surface area contributed by atoms with Crippen molar-refractivity contribution in [1.82, 2.24) is 0 Å². The molecule has 0 radical (unpaired) electrons. The zero-order valence-electron chi connectivity index (χ0n) is 13.4. The van der Waals surface area contributed by atoms with Crippen molar-refractivity contribution in [2.24, 2.45) is 0 Å². The molecule has 0 atom stereocenters. The third-order valence-electron chi connectivity index (χ3n) is 3.88. The summed E-state index contributed by atoms with van der Waals surface area (Å²) in [6.45, 7) is 2.20. The van der Waals surface area contributed by atoms with Gasteiger partial charge in [-0.05, 0) is 54.8 Å². The third-order valence-corrected chi connectivity index (χ3v) is 6.44. The minimum atomic E-state index is -3.68. The number of hydrogen-bond acceptors (Lipinski definition) is 4. The van der Waals surface area contributed by atoms with E-state index < -0.39 is 20.0 Å². The molecule has 1 aliphatic heterocycles. The maximum Gasteiger partial charge on any atom is 0.261 e. The van der Waals surface area contributed by atoms with Gasteiger partial charge in [-0.25, -0.2) is 16.8 Å². The van der Waals surface area contributed by atoms with Crippen LogP contribution in [0.1, 0.15) is 11.1 Å². The molecular weight excluding hydrogens is 348 g/mol. The number of nitrogens with one attached hydrogen (secondary N) is 1. The van der Waals surface area contributed by atoms with Crippen LogP contribution < -0.4 is 9.03 Å². The number of nitrogens with zero attached hydrogens (tertiary/aromatic N) is 1.